The molecule has 2 aliphatic heterocycles. The summed E-state index contributed by atoms with van der Waals surface area (Å²) in [5.41, 5.74) is 0.557. The summed E-state index contributed by atoms with van der Waals surface area (Å²) in [5.74, 6) is 0.825. The Bertz CT molecular complexity index is 744. The van der Waals surface area contributed by atoms with Gasteiger partial charge in [-0.2, -0.15) is 0 Å². The van der Waals surface area contributed by atoms with Gasteiger partial charge in [0.05, 0.1) is 5.71 Å². The maximum atomic E-state index is 12.9. The van der Waals surface area contributed by atoms with E-state index in [0.717, 1.165) is 19.3 Å². The summed E-state index contributed by atoms with van der Waals surface area (Å²) in [7, 11) is 0. The lowest BCUT2D eigenvalue weighted by Crippen LogP contribution is -2.47. The fraction of sp³-hybridized carbons (Fsp3) is 0.600. The van der Waals surface area contributed by atoms with Gasteiger partial charge in [0.2, 0.25) is 23.7 Å². The number of ether oxygens (including phenoxy) is 2. The van der Waals surface area contributed by atoms with Crippen molar-refractivity contribution < 1.29 is 19.1 Å². The SMILES string of the molecule is CCCCC(CC)CNC(=O)CCN1C(=O)C2C=C3OCOC3=CC2=NC1=S. The van der Waals surface area contributed by atoms with Crippen molar-refractivity contribution in [2.45, 2.75) is 46.0 Å². The van der Waals surface area contributed by atoms with E-state index in [-0.39, 0.29) is 36.7 Å². The average Bonchev–Trinajstić information content (AvgIpc) is 3.14. The first-order valence-corrected chi connectivity index (χ1v) is 10.3. The van der Waals surface area contributed by atoms with Gasteiger partial charge in [-0.25, -0.2) is 4.99 Å². The Kier molecular flexibility index (Phi) is 6.83. The molecule has 3 aliphatic rings. The maximum absolute atomic E-state index is 12.9. The maximum Gasteiger partial charge on any atom is 0.241 e. The fourth-order valence-corrected chi connectivity index (χ4v) is 3.73. The fourth-order valence-electron chi connectivity index (χ4n) is 3.44. The summed E-state index contributed by atoms with van der Waals surface area (Å²) in [4.78, 5) is 30.9. The minimum absolute atomic E-state index is 0.0722. The second-order valence-corrected chi connectivity index (χ2v) is 7.57. The van der Waals surface area contributed by atoms with Crippen LogP contribution in [-0.2, 0) is 19.1 Å². The summed E-state index contributed by atoms with van der Waals surface area (Å²) in [5, 5.41) is 3.17. The summed E-state index contributed by atoms with van der Waals surface area (Å²) in [6, 6.07) is 0. The lowest BCUT2D eigenvalue weighted by atomic mass is 9.94. The molecule has 3 rings (SSSR count). The van der Waals surface area contributed by atoms with Gasteiger partial charge in [0, 0.05) is 25.6 Å². The minimum Gasteiger partial charge on any atom is -0.454 e. The molecule has 8 heteroatoms. The number of rotatable bonds is 9. The van der Waals surface area contributed by atoms with Gasteiger partial charge >= 0.3 is 0 Å². The predicted molar refractivity (Wildman–Crippen MR) is 109 cm³/mol. The highest BCUT2D eigenvalue weighted by molar-refractivity contribution is 7.80. The normalized spacial score (nSPS) is 21.6. The van der Waals surface area contributed by atoms with Gasteiger partial charge in [0.1, 0.15) is 5.92 Å². The molecule has 1 aliphatic carbocycles. The van der Waals surface area contributed by atoms with Gasteiger partial charge in [-0.3, -0.25) is 14.5 Å². The molecule has 1 fully saturated rings. The second kappa shape index (κ2) is 9.32. The van der Waals surface area contributed by atoms with Gasteiger partial charge in [-0.1, -0.05) is 33.1 Å². The van der Waals surface area contributed by atoms with Crippen molar-refractivity contribution in [1.29, 1.82) is 0 Å². The minimum atomic E-state index is -0.547. The molecule has 0 saturated carbocycles. The number of aliphatic imine (C=N–C) groups is 1. The molecule has 0 bridgehead atoms. The highest BCUT2D eigenvalue weighted by Crippen LogP contribution is 2.31. The van der Waals surface area contributed by atoms with Crippen LogP contribution in [0.5, 0.6) is 0 Å². The van der Waals surface area contributed by atoms with Crippen molar-refractivity contribution in [3.05, 3.63) is 23.7 Å². The summed E-state index contributed by atoms with van der Waals surface area (Å²) in [6.45, 7) is 5.35. The Morgan fingerprint density at radius 2 is 2.18 bits per heavy atom. The van der Waals surface area contributed by atoms with Crippen LogP contribution in [0.4, 0.5) is 0 Å². The van der Waals surface area contributed by atoms with E-state index in [0.29, 0.717) is 29.7 Å². The van der Waals surface area contributed by atoms with Crippen molar-refractivity contribution in [2.75, 3.05) is 19.9 Å². The molecule has 0 aromatic heterocycles. The first-order chi connectivity index (χ1) is 13.5. The number of nitrogens with one attached hydrogen (secondary N) is 1. The third kappa shape index (κ3) is 4.60. The van der Waals surface area contributed by atoms with Crippen molar-refractivity contribution in [3.8, 4) is 0 Å². The molecule has 0 radical (unpaired) electrons. The third-order valence-electron chi connectivity index (χ3n) is 5.27. The quantitative estimate of drug-likeness (QED) is 0.597. The van der Waals surface area contributed by atoms with Gasteiger partial charge in [0.25, 0.3) is 0 Å². The summed E-state index contributed by atoms with van der Waals surface area (Å²) >= 11 is 5.28. The number of nitrogens with zero attached hydrogens (tertiary/aromatic N) is 2. The summed E-state index contributed by atoms with van der Waals surface area (Å²) in [6.07, 6.45) is 8.10. The number of hydrogen-bond donors (Lipinski definition) is 1. The molecule has 28 heavy (non-hydrogen) atoms. The zero-order valence-corrected chi connectivity index (χ0v) is 17.2. The van der Waals surface area contributed by atoms with Crippen LogP contribution in [0.15, 0.2) is 28.7 Å². The average molecular weight is 406 g/mol. The Morgan fingerprint density at radius 3 is 2.93 bits per heavy atom. The Morgan fingerprint density at radius 1 is 1.39 bits per heavy atom. The van der Waals surface area contributed by atoms with Crippen LogP contribution in [0.3, 0.4) is 0 Å². The Hall–Kier alpha value is -2.22. The van der Waals surface area contributed by atoms with E-state index in [1.807, 2.05) is 0 Å². The van der Waals surface area contributed by atoms with E-state index in [1.165, 1.54) is 11.3 Å². The lowest BCUT2D eigenvalue weighted by molar-refractivity contribution is -0.129. The molecule has 2 heterocycles. The molecule has 0 aromatic carbocycles. The number of amides is 2. The van der Waals surface area contributed by atoms with Crippen LogP contribution in [-0.4, -0.2) is 47.4 Å². The highest BCUT2D eigenvalue weighted by Gasteiger charge is 2.38. The molecule has 2 amide bonds. The molecular formula is C20H27N3O4S. The van der Waals surface area contributed by atoms with Gasteiger partial charge in [-0.15, -0.1) is 0 Å². The van der Waals surface area contributed by atoms with Gasteiger partial charge in [-0.05, 0) is 30.6 Å². The number of unbranched alkanes of at least 4 members (excludes halogenated alkanes) is 1. The topological polar surface area (TPSA) is 80.2 Å². The van der Waals surface area contributed by atoms with Crippen molar-refractivity contribution >= 4 is 34.9 Å². The Balaban J connectivity index is 1.54. The summed E-state index contributed by atoms with van der Waals surface area (Å²) < 4.78 is 10.7. The molecule has 0 aromatic rings. The first kappa shape index (κ1) is 20.5. The zero-order valence-electron chi connectivity index (χ0n) is 16.4. The first-order valence-electron chi connectivity index (χ1n) is 9.93. The third-order valence-corrected chi connectivity index (χ3v) is 5.58. The van der Waals surface area contributed by atoms with Gasteiger partial charge < -0.3 is 14.8 Å². The van der Waals surface area contributed by atoms with Crippen LogP contribution in [0.2, 0.25) is 0 Å². The largest absolute Gasteiger partial charge is 0.454 e. The van der Waals surface area contributed by atoms with E-state index >= 15 is 0 Å². The molecule has 2 atom stereocenters. The lowest BCUT2D eigenvalue weighted by Gasteiger charge is -2.30. The van der Waals surface area contributed by atoms with Crippen molar-refractivity contribution in [1.82, 2.24) is 10.2 Å². The van der Waals surface area contributed by atoms with E-state index in [2.05, 4.69) is 24.2 Å². The van der Waals surface area contributed by atoms with Gasteiger partial charge in [0.15, 0.2) is 11.5 Å². The second-order valence-electron chi connectivity index (χ2n) is 7.20. The molecule has 1 N–H and O–H groups in total. The van der Waals surface area contributed by atoms with Crippen LogP contribution in [0.1, 0.15) is 46.0 Å². The smallest absolute Gasteiger partial charge is 0.241 e. The van der Waals surface area contributed by atoms with E-state index in [9.17, 15) is 9.59 Å². The standard InChI is InChI=1S/C20H27N3O4S/c1-3-5-6-13(4-2)11-21-18(24)7-8-23-19(25)14-9-16-17(27-12-26-16)10-15(14)22-20(23)28/h9-10,13-14H,3-8,11-12H2,1-2H3,(H,21,24). The predicted octanol–water partition coefficient (Wildman–Crippen LogP) is 2.68. The molecule has 2 unspecified atom stereocenters. The number of carbonyl (C=O) groups excluding carboxylic acids is 2. The number of hydrogen-bond acceptors (Lipinski definition) is 5. The van der Waals surface area contributed by atoms with Crippen LogP contribution < -0.4 is 5.32 Å². The Labute approximate surface area is 170 Å². The number of allylic oxidation sites excluding steroid dienone is 1. The number of carbonyl (C=O) groups is 2. The van der Waals surface area contributed by atoms with E-state index in [4.69, 9.17) is 21.7 Å². The number of thiocarbonyl (C=S) groups is 1. The number of fused-ring (bicyclic) bond motifs is 2. The molecule has 1 saturated heterocycles. The van der Waals surface area contributed by atoms with Crippen LogP contribution in [0.25, 0.3) is 0 Å². The molecule has 7 nitrogen and oxygen atoms in total. The molecular weight excluding hydrogens is 378 g/mol. The van der Waals surface area contributed by atoms with E-state index in [1.54, 1.807) is 12.2 Å². The van der Waals surface area contributed by atoms with Crippen molar-refractivity contribution in [2.24, 2.45) is 16.8 Å². The van der Waals surface area contributed by atoms with Crippen LogP contribution in [0, 0.1) is 11.8 Å². The highest BCUT2D eigenvalue weighted by atomic mass is 32.1. The molecule has 0 spiro atoms. The van der Waals surface area contributed by atoms with Crippen molar-refractivity contribution in [3.63, 3.8) is 0 Å². The monoisotopic (exact) mass is 405 g/mol. The zero-order chi connectivity index (χ0) is 20.1. The van der Waals surface area contributed by atoms with E-state index < -0.39 is 5.92 Å². The molecule has 152 valence electrons. The van der Waals surface area contributed by atoms with Crippen LogP contribution >= 0.6 is 12.2 Å².